The van der Waals surface area contributed by atoms with Crippen molar-refractivity contribution in [2.45, 2.75) is 27.3 Å². The molecule has 0 atom stereocenters. The highest BCUT2D eigenvalue weighted by Crippen LogP contribution is 2.15. The number of benzene rings is 2. The SMILES string of the molecule is Cc1ccc(CNC(=O)c2cnn(-c3cccc(C)c3)c2C)cc1. The molecular formula is C20H21N3O. The van der Waals surface area contributed by atoms with Gasteiger partial charge in [-0.2, -0.15) is 5.10 Å². The third kappa shape index (κ3) is 3.38. The first-order valence-electron chi connectivity index (χ1n) is 8.00. The van der Waals surface area contributed by atoms with Crippen LogP contribution in [0.5, 0.6) is 0 Å². The Morgan fingerprint density at radius 2 is 1.79 bits per heavy atom. The maximum absolute atomic E-state index is 12.5. The Morgan fingerprint density at radius 3 is 2.50 bits per heavy atom. The van der Waals surface area contributed by atoms with Crippen LogP contribution < -0.4 is 5.32 Å². The van der Waals surface area contributed by atoms with Gasteiger partial charge in [0.25, 0.3) is 5.91 Å². The summed E-state index contributed by atoms with van der Waals surface area (Å²) in [4.78, 5) is 12.5. The monoisotopic (exact) mass is 319 g/mol. The summed E-state index contributed by atoms with van der Waals surface area (Å²) in [5.41, 5.74) is 5.85. The number of hydrogen-bond donors (Lipinski definition) is 1. The lowest BCUT2D eigenvalue weighted by molar-refractivity contribution is 0.0950. The van der Waals surface area contributed by atoms with Gasteiger partial charge >= 0.3 is 0 Å². The lowest BCUT2D eigenvalue weighted by atomic mass is 10.1. The van der Waals surface area contributed by atoms with E-state index in [0.717, 1.165) is 22.5 Å². The quantitative estimate of drug-likeness (QED) is 0.796. The second-order valence-corrected chi connectivity index (χ2v) is 6.06. The topological polar surface area (TPSA) is 46.9 Å². The van der Waals surface area contributed by atoms with Gasteiger partial charge < -0.3 is 5.32 Å². The normalized spacial score (nSPS) is 10.6. The molecule has 0 bridgehead atoms. The van der Waals surface area contributed by atoms with Gasteiger partial charge in [0.1, 0.15) is 0 Å². The summed E-state index contributed by atoms with van der Waals surface area (Å²) in [6.07, 6.45) is 1.63. The Morgan fingerprint density at radius 1 is 1.04 bits per heavy atom. The minimum absolute atomic E-state index is 0.105. The van der Waals surface area contributed by atoms with Gasteiger partial charge in [-0.15, -0.1) is 0 Å². The lowest BCUT2D eigenvalue weighted by Crippen LogP contribution is -2.23. The first kappa shape index (κ1) is 16.0. The van der Waals surface area contributed by atoms with Crippen molar-refractivity contribution in [1.82, 2.24) is 15.1 Å². The van der Waals surface area contributed by atoms with Gasteiger partial charge in [0.15, 0.2) is 0 Å². The van der Waals surface area contributed by atoms with E-state index in [1.165, 1.54) is 5.56 Å². The molecule has 1 amide bonds. The molecule has 4 nitrogen and oxygen atoms in total. The molecule has 0 spiro atoms. The Bertz CT molecular complexity index is 863. The zero-order valence-electron chi connectivity index (χ0n) is 14.2. The van der Waals surface area contributed by atoms with E-state index in [1.54, 1.807) is 10.9 Å². The molecule has 0 radical (unpaired) electrons. The number of aromatic nitrogens is 2. The van der Waals surface area contributed by atoms with Crippen LogP contribution in [0.4, 0.5) is 0 Å². The average Bonchev–Trinajstić information content (AvgIpc) is 2.96. The van der Waals surface area contributed by atoms with Crippen molar-refractivity contribution in [3.05, 3.63) is 82.7 Å². The summed E-state index contributed by atoms with van der Waals surface area (Å²) >= 11 is 0. The van der Waals surface area contributed by atoms with Gasteiger partial charge in [0.2, 0.25) is 0 Å². The number of carbonyl (C=O) groups is 1. The van der Waals surface area contributed by atoms with Crippen LogP contribution in [0.2, 0.25) is 0 Å². The molecule has 0 saturated heterocycles. The maximum Gasteiger partial charge on any atom is 0.255 e. The minimum atomic E-state index is -0.105. The molecule has 122 valence electrons. The third-order valence-corrected chi connectivity index (χ3v) is 4.07. The van der Waals surface area contributed by atoms with Gasteiger partial charge in [-0.05, 0) is 44.0 Å². The predicted molar refractivity (Wildman–Crippen MR) is 95.4 cm³/mol. The van der Waals surface area contributed by atoms with Crippen LogP contribution in [0.1, 0.15) is 32.7 Å². The van der Waals surface area contributed by atoms with Crippen LogP contribution >= 0.6 is 0 Å². The van der Waals surface area contributed by atoms with Crippen molar-refractivity contribution in [2.24, 2.45) is 0 Å². The number of carbonyl (C=O) groups excluding carboxylic acids is 1. The molecule has 1 aromatic heterocycles. The molecule has 0 fully saturated rings. The van der Waals surface area contributed by atoms with E-state index < -0.39 is 0 Å². The average molecular weight is 319 g/mol. The van der Waals surface area contributed by atoms with Gasteiger partial charge in [-0.1, -0.05) is 42.0 Å². The minimum Gasteiger partial charge on any atom is -0.348 e. The number of nitrogens with zero attached hydrogens (tertiary/aromatic N) is 2. The zero-order chi connectivity index (χ0) is 17.1. The van der Waals surface area contributed by atoms with E-state index in [2.05, 4.69) is 10.4 Å². The molecule has 0 aliphatic heterocycles. The molecular weight excluding hydrogens is 298 g/mol. The molecule has 3 aromatic rings. The second-order valence-electron chi connectivity index (χ2n) is 6.06. The summed E-state index contributed by atoms with van der Waals surface area (Å²) in [6.45, 7) is 6.51. The molecule has 0 aliphatic carbocycles. The van der Waals surface area contributed by atoms with Crippen LogP contribution in [0, 0.1) is 20.8 Å². The highest BCUT2D eigenvalue weighted by molar-refractivity contribution is 5.95. The first-order valence-corrected chi connectivity index (χ1v) is 8.00. The Labute approximate surface area is 142 Å². The van der Waals surface area contributed by atoms with Crippen LogP contribution in [-0.2, 0) is 6.54 Å². The van der Waals surface area contributed by atoms with E-state index in [1.807, 2.05) is 69.3 Å². The largest absolute Gasteiger partial charge is 0.348 e. The van der Waals surface area contributed by atoms with E-state index in [9.17, 15) is 4.79 Å². The summed E-state index contributed by atoms with van der Waals surface area (Å²) < 4.78 is 1.80. The summed E-state index contributed by atoms with van der Waals surface area (Å²) in [5, 5.41) is 7.33. The number of nitrogens with one attached hydrogen (secondary N) is 1. The van der Waals surface area contributed by atoms with Crippen molar-refractivity contribution in [2.75, 3.05) is 0 Å². The smallest absolute Gasteiger partial charge is 0.255 e. The van der Waals surface area contributed by atoms with E-state index in [0.29, 0.717) is 12.1 Å². The fraction of sp³-hybridized carbons (Fsp3) is 0.200. The van der Waals surface area contributed by atoms with E-state index in [4.69, 9.17) is 0 Å². The van der Waals surface area contributed by atoms with Crippen molar-refractivity contribution >= 4 is 5.91 Å². The molecule has 1 N–H and O–H groups in total. The molecule has 1 heterocycles. The Kier molecular flexibility index (Phi) is 4.47. The first-order chi connectivity index (χ1) is 11.5. The van der Waals surface area contributed by atoms with Crippen molar-refractivity contribution in [1.29, 1.82) is 0 Å². The van der Waals surface area contributed by atoms with Gasteiger partial charge in [0.05, 0.1) is 23.1 Å². The van der Waals surface area contributed by atoms with Gasteiger partial charge in [-0.25, -0.2) is 4.68 Å². The van der Waals surface area contributed by atoms with Crippen LogP contribution in [-0.4, -0.2) is 15.7 Å². The highest BCUT2D eigenvalue weighted by atomic mass is 16.1. The Balaban J connectivity index is 1.75. The second kappa shape index (κ2) is 6.71. The molecule has 3 rings (SSSR count). The molecule has 4 heteroatoms. The van der Waals surface area contributed by atoms with Crippen LogP contribution in [0.25, 0.3) is 5.69 Å². The number of hydrogen-bond acceptors (Lipinski definition) is 2. The van der Waals surface area contributed by atoms with E-state index in [-0.39, 0.29) is 5.91 Å². The van der Waals surface area contributed by atoms with E-state index >= 15 is 0 Å². The summed E-state index contributed by atoms with van der Waals surface area (Å²) in [5.74, 6) is -0.105. The third-order valence-electron chi connectivity index (χ3n) is 4.07. The molecule has 0 aliphatic rings. The van der Waals surface area contributed by atoms with Crippen molar-refractivity contribution < 1.29 is 4.79 Å². The van der Waals surface area contributed by atoms with Crippen molar-refractivity contribution in [3.63, 3.8) is 0 Å². The number of amides is 1. The molecule has 2 aromatic carbocycles. The van der Waals surface area contributed by atoms with Crippen LogP contribution in [0.15, 0.2) is 54.7 Å². The molecule has 0 saturated carbocycles. The predicted octanol–water partition coefficient (Wildman–Crippen LogP) is 3.73. The fourth-order valence-corrected chi connectivity index (χ4v) is 2.64. The fourth-order valence-electron chi connectivity index (χ4n) is 2.64. The summed E-state index contributed by atoms with van der Waals surface area (Å²) in [6, 6.07) is 16.2. The summed E-state index contributed by atoms with van der Waals surface area (Å²) in [7, 11) is 0. The zero-order valence-corrected chi connectivity index (χ0v) is 14.2. The standard InChI is InChI=1S/C20H21N3O/c1-14-7-9-17(10-8-14)12-21-20(24)19-13-22-23(16(19)3)18-6-4-5-15(2)11-18/h4-11,13H,12H2,1-3H3,(H,21,24). The van der Waals surface area contributed by atoms with Crippen LogP contribution in [0.3, 0.4) is 0 Å². The van der Waals surface area contributed by atoms with Crippen molar-refractivity contribution in [3.8, 4) is 5.69 Å². The Hall–Kier alpha value is -2.88. The number of rotatable bonds is 4. The maximum atomic E-state index is 12.5. The molecule has 24 heavy (non-hydrogen) atoms. The number of aryl methyl sites for hydroxylation is 2. The van der Waals surface area contributed by atoms with Gasteiger partial charge in [-0.3, -0.25) is 4.79 Å². The molecule has 0 unspecified atom stereocenters. The lowest BCUT2D eigenvalue weighted by Gasteiger charge is -2.07. The van der Waals surface area contributed by atoms with Gasteiger partial charge in [0, 0.05) is 6.54 Å². The highest BCUT2D eigenvalue weighted by Gasteiger charge is 2.14.